The van der Waals surface area contributed by atoms with Crippen LogP contribution in [0.1, 0.15) is 12.0 Å². The van der Waals surface area contributed by atoms with Crippen LogP contribution in [0, 0.1) is 11.5 Å². The van der Waals surface area contributed by atoms with Gasteiger partial charge in [0.15, 0.2) is 17.8 Å². The monoisotopic (exact) mass is 240 g/mol. The molecule has 0 N–H and O–H groups in total. The number of fused-ring (bicyclic) bond motifs is 2. The minimum absolute atomic E-state index is 0.196. The summed E-state index contributed by atoms with van der Waals surface area (Å²) in [5.74, 6) is 0.876. The van der Waals surface area contributed by atoms with Gasteiger partial charge in [-0.15, -0.1) is 0 Å². The third kappa shape index (κ3) is 1.46. The van der Waals surface area contributed by atoms with Crippen molar-refractivity contribution in [2.45, 2.75) is 6.42 Å². The summed E-state index contributed by atoms with van der Waals surface area (Å²) >= 11 is 0. The Morgan fingerprint density at radius 2 is 2.28 bits per heavy atom. The van der Waals surface area contributed by atoms with Crippen LogP contribution in [-0.2, 0) is 4.79 Å². The van der Waals surface area contributed by atoms with E-state index in [0.717, 1.165) is 16.8 Å². The largest absolute Gasteiger partial charge is 0.367 e. The fraction of sp³-hybridized carbons (Fsp3) is 0.308. The standard InChI is InChI=1S/C13H12N4O/c1-16-7-10(18)5-9-6-17(8-14)13-11(12(9)16)3-2-4-15-13/h2-4H,5-7H2,1H3. The number of carbonyl (C=O) groups excluding carboxylic acids is 1. The molecule has 0 spiro atoms. The molecule has 0 unspecified atom stereocenters. The highest BCUT2D eigenvalue weighted by Gasteiger charge is 2.32. The van der Waals surface area contributed by atoms with Crippen LogP contribution in [0.25, 0.3) is 5.70 Å². The van der Waals surface area contributed by atoms with E-state index in [1.54, 1.807) is 11.1 Å². The van der Waals surface area contributed by atoms with Gasteiger partial charge in [-0.2, -0.15) is 5.26 Å². The van der Waals surface area contributed by atoms with Crippen molar-refractivity contribution in [1.82, 2.24) is 9.88 Å². The first-order chi connectivity index (χ1) is 8.70. The second-order valence-electron chi connectivity index (χ2n) is 4.58. The van der Waals surface area contributed by atoms with Crippen LogP contribution in [0.5, 0.6) is 0 Å². The fourth-order valence-corrected chi connectivity index (χ4v) is 2.66. The molecule has 0 atom stereocenters. The van der Waals surface area contributed by atoms with E-state index in [9.17, 15) is 10.1 Å². The van der Waals surface area contributed by atoms with Gasteiger partial charge in [0.05, 0.1) is 13.1 Å². The number of ketones is 1. The molecule has 90 valence electrons. The number of hydrogen-bond donors (Lipinski definition) is 0. The number of aromatic nitrogens is 1. The zero-order valence-corrected chi connectivity index (χ0v) is 10.1. The molecule has 3 rings (SSSR count). The Morgan fingerprint density at radius 3 is 3.06 bits per heavy atom. The molecule has 0 bridgehead atoms. The summed E-state index contributed by atoms with van der Waals surface area (Å²) in [4.78, 5) is 19.4. The normalized spacial score (nSPS) is 18.3. The molecule has 0 saturated carbocycles. The molecule has 18 heavy (non-hydrogen) atoms. The number of pyridine rings is 1. The first kappa shape index (κ1) is 10.8. The second-order valence-corrected chi connectivity index (χ2v) is 4.58. The zero-order chi connectivity index (χ0) is 12.7. The van der Waals surface area contributed by atoms with Crippen LogP contribution >= 0.6 is 0 Å². The lowest BCUT2D eigenvalue weighted by atomic mass is 9.93. The lowest BCUT2D eigenvalue weighted by molar-refractivity contribution is -0.119. The molecule has 0 fully saturated rings. The van der Waals surface area contributed by atoms with E-state index in [0.29, 0.717) is 25.3 Å². The smallest absolute Gasteiger partial charge is 0.185 e. The molecule has 2 aliphatic rings. The molecule has 0 aliphatic carbocycles. The maximum Gasteiger partial charge on any atom is 0.185 e. The summed E-state index contributed by atoms with van der Waals surface area (Å²) in [6, 6.07) is 3.81. The molecule has 5 heteroatoms. The summed E-state index contributed by atoms with van der Waals surface area (Å²) in [5.41, 5.74) is 3.01. The highest BCUT2D eigenvalue weighted by atomic mass is 16.1. The third-order valence-corrected chi connectivity index (χ3v) is 3.31. The van der Waals surface area contributed by atoms with Crippen LogP contribution in [0.15, 0.2) is 23.9 Å². The third-order valence-electron chi connectivity index (χ3n) is 3.31. The van der Waals surface area contributed by atoms with Gasteiger partial charge in [0.2, 0.25) is 0 Å². The van der Waals surface area contributed by atoms with Crippen molar-refractivity contribution in [3.8, 4) is 6.19 Å². The van der Waals surface area contributed by atoms with Crippen molar-refractivity contribution in [2.75, 3.05) is 25.0 Å². The van der Waals surface area contributed by atoms with Gasteiger partial charge in [-0.25, -0.2) is 4.98 Å². The number of hydrogen-bond acceptors (Lipinski definition) is 5. The van der Waals surface area contributed by atoms with Crippen LogP contribution in [-0.4, -0.2) is 35.8 Å². The van der Waals surface area contributed by atoms with Crippen molar-refractivity contribution in [1.29, 1.82) is 5.26 Å². The number of Topliss-reactive ketones (excluding diaryl/α,β-unsaturated/α-hetero) is 1. The maximum atomic E-state index is 11.6. The minimum atomic E-state index is 0.196. The van der Waals surface area contributed by atoms with Crippen LogP contribution in [0.3, 0.4) is 0 Å². The predicted octanol–water partition coefficient (Wildman–Crippen LogP) is 0.998. The van der Waals surface area contributed by atoms with E-state index in [2.05, 4.69) is 11.2 Å². The second kappa shape index (κ2) is 3.84. The summed E-state index contributed by atoms with van der Waals surface area (Å²) < 4.78 is 0. The summed E-state index contributed by atoms with van der Waals surface area (Å²) in [7, 11) is 1.91. The minimum Gasteiger partial charge on any atom is -0.367 e. The topological polar surface area (TPSA) is 60.2 Å². The summed E-state index contributed by atoms with van der Waals surface area (Å²) in [6.45, 7) is 0.894. The average Bonchev–Trinajstić information content (AvgIpc) is 2.36. The highest BCUT2D eigenvalue weighted by Crippen LogP contribution is 2.37. The van der Waals surface area contributed by atoms with Crippen LogP contribution < -0.4 is 4.90 Å². The number of anilines is 1. The molecule has 5 nitrogen and oxygen atoms in total. The lowest BCUT2D eigenvalue weighted by Gasteiger charge is -2.36. The van der Waals surface area contributed by atoms with Gasteiger partial charge in [-0.05, 0) is 17.7 Å². The molecule has 0 amide bonds. The molecule has 0 radical (unpaired) electrons. The Kier molecular flexibility index (Phi) is 2.30. The first-order valence-electron chi connectivity index (χ1n) is 5.78. The van der Waals surface area contributed by atoms with Crippen LogP contribution in [0.2, 0.25) is 0 Å². The van der Waals surface area contributed by atoms with Gasteiger partial charge < -0.3 is 4.90 Å². The molecule has 1 aromatic rings. The number of rotatable bonds is 0. The Morgan fingerprint density at radius 1 is 1.44 bits per heavy atom. The van der Waals surface area contributed by atoms with Crippen LogP contribution in [0.4, 0.5) is 5.82 Å². The van der Waals surface area contributed by atoms with Gasteiger partial charge >= 0.3 is 0 Å². The van der Waals surface area contributed by atoms with E-state index >= 15 is 0 Å². The van der Waals surface area contributed by atoms with E-state index in [4.69, 9.17) is 0 Å². The first-order valence-corrected chi connectivity index (χ1v) is 5.78. The lowest BCUT2D eigenvalue weighted by Crippen LogP contribution is -2.37. The molecule has 0 saturated heterocycles. The van der Waals surface area contributed by atoms with Crippen molar-refractivity contribution >= 4 is 17.3 Å². The van der Waals surface area contributed by atoms with Crippen molar-refractivity contribution < 1.29 is 4.79 Å². The summed E-state index contributed by atoms with van der Waals surface area (Å²) in [5, 5.41) is 9.17. The van der Waals surface area contributed by atoms with E-state index < -0.39 is 0 Å². The Labute approximate surface area is 105 Å². The molecule has 3 heterocycles. The number of carbonyl (C=O) groups is 1. The van der Waals surface area contributed by atoms with E-state index in [1.807, 2.05) is 24.1 Å². The van der Waals surface area contributed by atoms with Gasteiger partial charge in [-0.1, -0.05) is 0 Å². The van der Waals surface area contributed by atoms with Crippen molar-refractivity contribution in [3.05, 3.63) is 29.5 Å². The molecular formula is C13H12N4O. The summed E-state index contributed by atoms with van der Waals surface area (Å²) in [6.07, 6.45) is 4.25. The van der Waals surface area contributed by atoms with E-state index in [1.165, 1.54) is 0 Å². The zero-order valence-electron chi connectivity index (χ0n) is 10.1. The number of likely N-dealkylation sites (N-methyl/N-ethyl adjacent to an activating group) is 1. The van der Waals surface area contributed by atoms with Gasteiger partial charge in [-0.3, -0.25) is 9.69 Å². The number of nitriles is 1. The number of nitrogens with zero attached hydrogens (tertiary/aromatic N) is 4. The van der Waals surface area contributed by atoms with Gasteiger partial charge in [0, 0.05) is 30.9 Å². The Bertz CT molecular complexity index is 599. The molecule has 1 aromatic heterocycles. The quantitative estimate of drug-likeness (QED) is 0.633. The van der Waals surface area contributed by atoms with Gasteiger partial charge in [0.25, 0.3) is 0 Å². The highest BCUT2D eigenvalue weighted by molar-refractivity contribution is 5.93. The Hall–Kier alpha value is -2.35. The predicted molar refractivity (Wildman–Crippen MR) is 66.4 cm³/mol. The maximum absolute atomic E-state index is 11.6. The SMILES string of the molecule is CN1CC(=O)CC2=C1c1cccnc1N(C#N)C2. The van der Waals surface area contributed by atoms with Crippen molar-refractivity contribution in [2.24, 2.45) is 0 Å². The van der Waals surface area contributed by atoms with Crippen molar-refractivity contribution in [3.63, 3.8) is 0 Å². The Balaban J connectivity index is 2.20. The fourth-order valence-electron chi connectivity index (χ4n) is 2.66. The average molecular weight is 240 g/mol. The van der Waals surface area contributed by atoms with E-state index in [-0.39, 0.29) is 5.78 Å². The molecular weight excluding hydrogens is 228 g/mol. The molecule has 2 aliphatic heterocycles. The molecule has 0 aromatic carbocycles. The van der Waals surface area contributed by atoms with Gasteiger partial charge in [0.1, 0.15) is 0 Å².